The molecule has 0 aliphatic rings. The average molecular weight is 114 g/mol. The van der Waals surface area contributed by atoms with E-state index in [2.05, 4.69) is 0 Å². The summed E-state index contributed by atoms with van der Waals surface area (Å²) < 4.78 is 0. The third-order valence-corrected chi connectivity index (χ3v) is 0.981. The molecule has 4 N–H and O–H groups in total. The molecule has 0 unspecified atom stereocenters. The monoisotopic (exact) mass is 114 g/mol. The van der Waals surface area contributed by atoms with Gasteiger partial charge in [0.1, 0.15) is 0 Å². The molecule has 8 heavy (non-hydrogen) atoms. The Labute approximate surface area is 50.6 Å². The van der Waals surface area contributed by atoms with Crippen LogP contribution in [0.15, 0.2) is 11.8 Å². The number of nitrogens with two attached hydrogens (primary N) is 2. The van der Waals surface area contributed by atoms with Crippen LogP contribution in [0.1, 0.15) is 19.8 Å². The Bertz CT molecular complexity index is 76.6. The van der Waals surface area contributed by atoms with Gasteiger partial charge in [0, 0.05) is 5.70 Å². The lowest BCUT2D eigenvalue weighted by Gasteiger charge is -1.91. The van der Waals surface area contributed by atoms with Crippen molar-refractivity contribution >= 4 is 0 Å². The molecule has 0 aromatic rings. The van der Waals surface area contributed by atoms with Gasteiger partial charge in [0.15, 0.2) is 0 Å². The highest BCUT2D eigenvalue weighted by molar-refractivity contribution is 4.94. The molecule has 0 spiro atoms. The summed E-state index contributed by atoms with van der Waals surface area (Å²) in [5, 5.41) is 0. The highest BCUT2D eigenvalue weighted by atomic mass is 14.6. The molecule has 0 rings (SSSR count). The zero-order valence-electron chi connectivity index (χ0n) is 5.35. The minimum Gasteiger partial charge on any atom is -0.402 e. The van der Waals surface area contributed by atoms with Gasteiger partial charge in [-0.25, -0.2) is 0 Å². The largest absolute Gasteiger partial charge is 0.402 e. The summed E-state index contributed by atoms with van der Waals surface area (Å²) in [6.45, 7) is 2.73. The van der Waals surface area contributed by atoms with E-state index in [1.54, 1.807) is 0 Å². The third-order valence-electron chi connectivity index (χ3n) is 0.981. The fourth-order valence-electron chi connectivity index (χ4n) is 0.413. The molecule has 2 heteroatoms. The predicted molar refractivity (Wildman–Crippen MR) is 36.2 cm³/mol. The maximum Gasteiger partial charge on any atom is 0.00376 e. The Balaban J connectivity index is 3.26. The first-order valence-corrected chi connectivity index (χ1v) is 2.95. The van der Waals surface area contributed by atoms with Crippen LogP contribution in [0.25, 0.3) is 0 Å². The summed E-state index contributed by atoms with van der Waals surface area (Å²) in [7, 11) is 0. The van der Waals surface area contributed by atoms with E-state index >= 15 is 0 Å². The van der Waals surface area contributed by atoms with Crippen molar-refractivity contribution in [2.24, 2.45) is 11.5 Å². The minimum absolute atomic E-state index is 0.695. The molecule has 0 aromatic heterocycles. The Kier molecular flexibility index (Phi) is 4.36. The molecule has 0 saturated carbocycles. The van der Waals surface area contributed by atoms with E-state index in [0.29, 0.717) is 6.54 Å². The van der Waals surface area contributed by atoms with E-state index in [-0.39, 0.29) is 0 Å². The van der Waals surface area contributed by atoms with Crippen LogP contribution in [0.5, 0.6) is 0 Å². The molecule has 0 saturated heterocycles. The molecule has 0 bridgehead atoms. The molecule has 0 aliphatic heterocycles. The van der Waals surface area contributed by atoms with Crippen LogP contribution in [0.2, 0.25) is 0 Å². The molecule has 0 heterocycles. The second kappa shape index (κ2) is 4.65. The molecule has 48 valence electrons. The van der Waals surface area contributed by atoms with Gasteiger partial charge in [-0.05, 0) is 19.4 Å². The van der Waals surface area contributed by atoms with E-state index < -0.39 is 0 Å². The first kappa shape index (κ1) is 7.50. The van der Waals surface area contributed by atoms with Crippen LogP contribution in [-0.4, -0.2) is 6.54 Å². The molecule has 0 amide bonds. The van der Waals surface area contributed by atoms with Crippen LogP contribution in [-0.2, 0) is 0 Å². The molecule has 2 nitrogen and oxygen atoms in total. The van der Waals surface area contributed by atoms with Gasteiger partial charge in [-0.2, -0.15) is 0 Å². The number of hydrogen-bond donors (Lipinski definition) is 2. The van der Waals surface area contributed by atoms with E-state index in [0.717, 1.165) is 18.5 Å². The normalized spacial score (nSPS) is 12.0. The van der Waals surface area contributed by atoms with Crippen molar-refractivity contribution in [3.63, 3.8) is 0 Å². The third kappa shape index (κ3) is 3.68. The summed E-state index contributed by atoms with van der Waals surface area (Å²) in [5.74, 6) is 0. The van der Waals surface area contributed by atoms with Crippen LogP contribution >= 0.6 is 0 Å². The van der Waals surface area contributed by atoms with Gasteiger partial charge < -0.3 is 11.5 Å². The number of rotatable bonds is 3. The van der Waals surface area contributed by atoms with Crippen LogP contribution in [0.4, 0.5) is 0 Å². The van der Waals surface area contributed by atoms with Crippen molar-refractivity contribution in [3.05, 3.63) is 11.8 Å². The second-order valence-electron chi connectivity index (χ2n) is 1.71. The molecular formula is C6H14N2. The lowest BCUT2D eigenvalue weighted by molar-refractivity contribution is 0.964. The topological polar surface area (TPSA) is 52.0 Å². The van der Waals surface area contributed by atoms with Gasteiger partial charge >= 0.3 is 0 Å². The van der Waals surface area contributed by atoms with Crippen LogP contribution in [0.3, 0.4) is 0 Å². The second-order valence-corrected chi connectivity index (χ2v) is 1.71. The van der Waals surface area contributed by atoms with E-state index in [1.807, 2.05) is 13.0 Å². The standard InChI is InChI=1S/C6H14N2/c1-2-6(8)4-3-5-7/h4H,2-3,5,7-8H2,1H3/b6-4+. The Morgan fingerprint density at radius 2 is 2.25 bits per heavy atom. The lowest BCUT2D eigenvalue weighted by atomic mass is 10.3. The minimum atomic E-state index is 0.695. The number of allylic oxidation sites excluding steroid dienone is 1. The summed E-state index contributed by atoms with van der Waals surface area (Å²) in [6, 6.07) is 0. The average Bonchev–Trinajstić information content (AvgIpc) is 1.83. The van der Waals surface area contributed by atoms with Crippen molar-refractivity contribution in [3.8, 4) is 0 Å². The first-order chi connectivity index (χ1) is 3.81. The quantitative estimate of drug-likeness (QED) is 0.564. The Morgan fingerprint density at radius 1 is 1.62 bits per heavy atom. The fourth-order valence-corrected chi connectivity index (χ4v) is 0.413. The summed E-state index contributed by atoms with van der Waals surface area (Å²) in [6.07, 6.45) is 3.81. The Morgan fingerprint density at radius 3 is 2.62 bits per heavy atom. The van der Waals surface area contributed by atoms with Gasteiger partial charge in [-0.3, -0.25) is 0 Å². The van der Waals surface area contributed by atoms with Crippen molar-refractivity contribution in [1.29, 1.82) is 0 Å². The molecular weight excluding hydrogens is 100 g/mol. The molecule has 0 radical (unpaired) electrons. The highest BCUT2D eigenvalue weighted by Gasteiger charge is 1.80. The highest BCUT2D eigenvalue weighted by Crippen LogP contribution is 1.90. The molecule has 0 aliphatic carbocycles. The van der Waals surface area contributed by atoms with E-state index in [9.17, 15) is 0 Å². The van der Waals surface area contributed by atoms with Crippen molar-refractivity contribution < 1.29 is 0 Å². The van der Waals surface area contributed by atoms with E-state index in [4.69, 9.17) is 11.5 Å². The first-order valence-electron chi connectivity index (χ1n) is 2.95. The maximum atomic E-state index is 5.46. The summed E-state index contributed by atoms with van der Waals surface area (Å²) >= 11 is 0. The zero-order valence-corrected chi connectivity index (χ0v) is 5.35. The predicted octanol–water partition coefficient (Wildman–Crippen LogP) is 0.588. The number of hydrogen-bond acceptors (Lipinski definition) is 2. The lowest BCUT2D eigenvalue weighted by Crippen LogP contribution is -1.99. The van der Waals surface area contributed by atoms with Crippen molar-refractivity contribution in [2.45, 2.75) is 19.8 Å². The van der Waals surface area contributed by atoms with Gasteiger partial charge in [0.25, 0.3) is 0 Å². The van der Waals surface area contributed by atoms with Gasteiger partial charge in [-0.15, -0.1) is 0 Å². The molecule has 0 fully saturated rings. The van der Waals surface area contributed by atoms with Crippen LogP contribution in [0, 0.1) is 0 Å². The fraction of sp³-hybridized carbons (Fsp3) is 0.667. The van der Waals surface area contributed by atoms with Gasteiger partial charge in [0.05, 0.1) is 0 Å². The van der Waals surface area contributed by atoms with Crippen molar-refractivity contribution in [1.82, 2.24) is 0 Å². The van der Waals surface area contributed by atoms with Gasteiger partial charge in [-0.1, -0.05) is 13.0 Å². The van der Waals surface area contributed by atoms with Crippen LogP contribution < -0.4 is 11.5 Å². The summed E-state index contributed by atoms with van der Waals surface area (Å²) in [5.41, 5.74) is 11.6. The Hall–Kier alpha value is -0.500. The molecule has 0 aromatic carbocycles. The zero-order chi connectivity index (χ0) is 6.41. The maximum absolute atomic E-state index is 5.46. The SMILES string of the molecule is CC/C(N)=C\CCN. The van der Waals surface area contributed by atoms with E-state index in [1.165, 1.54) is 0 Å². The van der Waals surface area contributed by atoms with Gasteiger partial charge in [0.2, 0.25) is 0 Å². The summed E-state index contributed by atoms with van der Waals surface area (Å²) in [4.78, 5) is 0. The van der Waals surface area contributed by atoms with Crippen molar-refractivity contribution in [2.75, 3.05) is 6.54 Å². The molecule has 0 atom stereocenters. The smallest absolute Gasteiger partial charge is 0.00376 e.